The number of carboxylic acids is 1. The number of hydrogen-bond donors (Lipinski definition) is 2. The zero-order valence-corrected chi connectivity index (χ0v) is 11.8. The van der Waals surface area contributed by atoms with E-state index in [1.165, 1.54) is 12.1 Å². The van der Waals surface area contributed by atoms with Crippen molar-refractivity contribution in [2.45, 2.75) is 19.4 Å². The van der Waals surface area contributed by atoms with Gasteiger partial charge < -0.3 is 10.8 Å². The quantitative estimate of drug-likeness (QED) is 0.900. The summed E-state index contributed by atoms with van der Waals surface area (Å²) in [6.45, 7) is 1.74. The Balaban J connectivity index is 0.000000304. The second-order valence-electron chi connectivity index (χ2n) is 4.25. The molecule has 0 aliphatic rings. The minimum Gasteiger partial charge on any atom is -0.478 e. The third-order valence-corrected chi connectivity index (χ3v) is 2.78. The molecule has 110 valence electrons. The molecule has 1 atom stereocenters. The fourth-order valence-corrected chi connectivity index (χ4v) is 1.55. The number of benzene rings is 1. The van der Waals surface area contributed by atoms with E-state index >= 15 is 0 Å². The van der Waals surface area contributed by atoms with Gasteiger partial charge in [0.15, 0.2) is 5.78 Å². The van der Waals surface area contributed by atoms with E-state index in [1.807, 2.05) is 18.2 Å². The molecule has 5 nitrogen and oxygen atoms in total. The van der Waals surface area contributed by atoms with Crippen LogP contribution in [0.2, 0.25) is 0 Å². The van der Waals surface area contributed by atoms with Crippen molar-refractivity contribution in [3.8, 4) is 0 Å². The number of carboxylic acid groups (broad SMARTS) is 1. The first-order chi connectivity index (χ1) is 10.1. The van der Waals surface area contributed by atoms with Crippen LogP contribution in [-0.2, 0) is 4.79 Å². The van der Waals surface area contributed by atoms with Crippen molar-refractivity contribution in [2.75, 3.05) is 0 Å². The summed E-state index contributed by atoms with van der Waals surface area (Å²) in [5.74, 6) is -1.05. The zero-order chi connectivity index (χ0) is 15.7. The molecule has 0 amide bonds. The van der Waals surface area contributed by atoms with Crippen LogP contribution in [0.3, 0.4) is 0 Å². The highest BCUT2D eigenvalue weighted by Gasteiger charge is 2.13. The van der Waals surface area contributed by atoms with E-state index in [1.54, 1.807) is 31.5 Å². The highest BCUT2D eigenvalue weighted by molar-refractivity contribution is 5.88. The molecule has 0 fully saturated rings. The number of Topliss-reactive ketones (excluding diaryl/α,β-unsaturated/α-hetero) is 1. The maximum Gasteiger partial charge on any atom is 0.335 e. The lowest BCUT2D eigenvalue weighted by molar-refractivity contribution is -0.120. The van der Waals surface area contributed by atoms with Crippen molar-refractivity contribution in [2.24, 2.45) is 5.73 Å². The largest absolute Gasteiger partial charge is 0.478 e. The highest BCUT2D eigenvalue weighted by Crippen LogP contribution is 2.13. The summed E-state index contributed by atoms with van der Waals surface area (Å²) in [5.41, 5.74) is 6.51. The van der Waals surface area contributed by atoms with Gasteiger partial charge in [-0.2, -0.15) is 0 Å². The maximum atomic E-state index is 11.3. The summed E-state index contributed by atoms with van der Waals surface area (Å²) in [5, 5.41) is 8.67. The summed E-state index contributed by atoms with van der Waals surface area (Å²) in [4.78, 5) is 25.6. The van der Waals surface area contributed by atoms with Gasteiger partial charge in [0, 0.05) is 18.8 Å². The smallest absolute Gasteiger partial charge is 0.335 e. The van der Waals surface area contributed by atoms with Crippen molar-refractivity contribution in [1.29, 1.82) is 0 Å². The average Bonchev–Trinajstić information content (AvgIpc) is 2.55. The first kappa shape index (κ1) is 16.5. The van der Waals surface area contributed by atoms with E-state index in [9.17, 15) is 9.59 Å². The monoisotopic (exact) mass is 286 g/mol. The van der Waals surface area contributed by atoms with Crippen LogP contribution in [-0.4, -0.2) is 21.8 Å². The van der Waals surface area contributed by atoms with Crippen molar-refractivity contribution >= 4 is 11.8 Å². The van der Waals surface area contributed by atoms with Gasteiger partial charge in [-0.05, 0) is 29.8 Å². The first-order valence-electron chi connectivity index (χ1n) is 6.52. The number of nitrogens with two attached hydrogens (primary N) is 1. The molecule has 0 saturated carbocycles. The van der Waals surface area contributed by atoms with E-state index in [0.717, 1.165) is 0 Å². The van der Waals surface area contributed by atoms with E-state index in [2.05, 4.69) is 4.98 Å². The Labute approximate surface area is 123 Å². The lowest BCUT2D eigenvalue weighted by atomic mass is 10.0. The van der Waals surface area contributed by atoms with Crippen LogP contribution in [0.4, 0.5) is 0 Å². The number of aromatic carboxylic acids is 1. The summed E-state index contributed by atoms with van der Waals surface area (Å²) >= 11 is 0. The number of hydrogen-bond acceptors (Lipinski definition) is 4. The molecule has 0 bridgehead atoms. The van der Waals surface area contributed by atoms with Gasteiger partial charge in [-0.15, -0.1) is 0 Å². The van der Waals surface area contributed by atoms with Gasteiger partial charge in [0.2, 0.25) is 0 Å². The minimum atomic E-state index is -0.989. The molecule has 3 N–H and O–H groups in total. The third-order valence-electron chi connectivity index (χ3n) is 2.78. The lowest BCUT2D eigenvalue weighted by Crippen LogP contribution is -2.20. The molecule has 5 heteroatoms. The molecule has 0 aliphatic heterocycles. The van der Waals surface area contributed by atoms with Crippen molar-refractivity contribution in [3.63, 3.8) is 0 Å². The summed E-state index contributed by atoms with van der Waals surface area (Å²) in [6.07, 6.45) is 3.88. The second kappa shape index (κ2) is 8.60. The van der Waals surface area contributed by atoms with Crippen molar-refractivity contribution < 1.29 is 14.7 Å². The second-order valence-corrected chi connectivity index (χ2v) is 4.25. The average molecular weight is 286 g/mol. The Morgan fingerprint density at radius 1 is 1.14 bits per heavy atom. The number of rotatable bonds is 4. The molecule has 1 heterocycles. The van der Waals surface area contributed by atoms with Gasteiger partial charge >= 0.3 is 5.97 Å². The Kier molecular flexibility index (Phi) is 6.77. The molecule has 2 rings (SSSR count). The standard InChI is InChI=1S/C11H13NO3.C5H5N/c1-2-9(13)10(12)7-3-5-8(6-4-7)11(14)15;1-2-4-6-5-3-1/h3-6,10H,2,12H2,1H3,(H,14,15);1-5H. The Bertz CT molecular complexity index is 541. The molecule has 1 aromatic heterocycles. The molecular weight excluding hydrogens is 268 g/mol. The third kappa shape index (κ3) is 5.54. The molecule has 0 aliphatic carbocycles. The van der Waals surface area contributed by atoms with Crippen LogP contribution in [0.15, 0.2) is 54.9 Å². The Morgan fingerprint density at radius 3 is 2.05 bits per heavy atom. The SMILES string of the molecule is CCC(=O)C(N)c1ccc(C(=O)O)cc1.c1ccncc1. The predicted molar refractivity (Wildman–Crippen MR) is 79.9 cm³/mol. The van der Waals surface area contributed by atoms with Crippen molar-refractivity contribution in [3.05, 3.63) is 66.0 Å². The summed E-state index contributed by atoms with van der Waals surface area (Å²) in [7, 11) is 0. The molecule has 0 radical (unpaired) electrons. The Hall–Kier alpha value is -2.53. The van der Waals surface area contributed by atoms with Crippen LogP contribution in [0.1, 0.15) is 35.3 Å². The zero-order valence-electron chi connectivity index (χ0n) is 11.8. The van der Waals surface area contributed by atoms with Crippen LogP contribution in [0, 0.1) is 0 Å². The maximum absolute atomic E-state index is 11.3. The van der Waals surface area contributed by atoms with E-state index in [4.69, 9.17) is 10.8 Å². The van der Waals surface area contributed by atoms with Gasteiger partial charge in [-0.25, -0.2) is 4.79 Å². The Morgan fingerprint density at radius 2 is 1.71 bits per heavy atom. The predicted octanol–water partition coefficient (Wildman–Crippen LogP) is 2.45. The number of ketones is 1. The molecule has 21 heavy (non-hydrogen) atoms. The van der Waals surface area contributed by atoms with Gasteiger partial charge in [0.25, 0.3) is 0 Å². The van der Waals surface area contributed by atoms with E-state index < -0.39 is 12.0 Å². The van der Waals surface area contributed by atoms with Crippen LogP contribution in [0.5, 0.6) is 0 Å². The normalized spacial score (nSPS) is 11.0. The van der Waals surface area contributed by atoms with E-state index in [-0.39, 0.29) is 11.3 Å². The summed E-state index contributed by atoms with van der Waals surface area (Å²) in [6, 6.07) is 11.1. The van der Waals surface area contributed by atoms with Gasteiger partial charge in [-0.3, -0.25) is 9.78 Å². The van der Waals surface area contributed by atoms with Gasteiger partial charge in [-0.1, -0.05) is 25.1 Å². The fraction of sp³-hybridized carbons (Fsp3) is 0.188. The molecule has 0 spiro atoms. The first-order valence-corrected chi connectivity index (χ1v) is 6.52. The summed E-state index contributed by atoms with van der Waals surface area (Å²) < 4.78 is 0. The molecule has 1 unspecified atom stereocenters. The minimum absolute atomic E-state index is 0.0573. The molecule has 0 saturated heterocycles. The number of aromatic nitrogens is 1. The highest BCUT2D eigenvalue weighted by atomic mass is 16.4. The lowest BCUT2D eigenvalue weighted by Gasteiger charge is -2.09. The number of carbonyl (C=O) groups excluding carboxylic acids is 1. The van der Waals surface area contributed by atoms with Crippen LogP contribution >= 0.6 is 0 Å². The topological polar surface area (TPSA) is 93.3 Å². The fourth-order valence-electron chi connectivity index (χ4n) is 1.55. The van der Waals surface area contributed by atoms with Gasteiger partial charge in [0.1, 0.15) is 0 Å². The van der Waals surface area contributed by atoms with Crippen LogP contribution < -0.4 is 5.73 Å². The number of carbonyl (C=O) groups is 2. The van der Waals surface area contributed by atoms with E-state index in [0.29, 0.717) is 12.0 Å². The molecule has 1 aromatic carbocycles. The van der Waals surface area contributed by atoms with Crippen LogP contribution in [0.25, 0.3) is 0 Å². The van der Waals surface area contributed by atoms with Crippen molar-refractivity contribution in [1.82, 2.24) is 4.98 Å². The number of nitrogens with zero attached hydrogens (tertiary/aromatic N) is 1. The molecular formula is C16H18N2O3. The molecule has 2 aromatic rings. The van der Waals surface area contributed by atoms with Gasteiger partial charge in [0.05, 0.1) is 11.6 Å². The number of pyridine rings is 1.